The first kappa shape index (κ1) is 14.5. The molecule has 0 bridgehead atoms. The Hall–Kier alpha value is -0.570. The standard InChI is InChI=1S/C14H28N2O/c1-6-14(8-7-9-15-10-14)12(17)16(5)11-13(2,3)4/h15H,6-11H2,1-5H3. The fourth-order valence-electron chi connectivity index (χ4n) is 2.79. The molecule has 1 N–H and O–H groups in total. The van der Waals surface area contributed by atoms with Gasteiger partial charge in [-0.15, -0.1) is 0 Å². The van der Waals surface area contributed by atoms with Crippen LogP contribution in [0.3, 0.4) is 0 Å². The van der Waals surface area contributed by atoms with Crippen LogP contribution in [-0.4, -0.2) is 37.5 Å². The number of piperidine rings is 1. The van der Waals surface area contributed by atoms with Gasteiger partial charge in [0.15, 0.2) is 0 Å². The molecule has 0 radical (unpaired) electrons. The van der Waals surface area contributed by atoms with E-state index in [1.165, 1.54) is 0 Å². The molecule has 1 atom stereocenters. The topological polar surface area (TPSA) is 32.3 Å². The molecule has 3 heteroatoms. The van der Waals surface area contributed by atoms with Gasteiger partial charge >= 0.3 is 0 Å². The summed E-state index contributed by atoms with van der Waals surface area (Å²) >= 11 is 0. The zero-order chi connectivity index (χ0) is 13.1. The van der Waals surface area contributed by atoms with Gasteiger partial charge in [0, 0.05) is 20.1 Å². The summed E-state index contributed by atoms with van der Waals surface area (Å²) in [7, 11) is 1.94. The van der Waals surface area contributed by atoms with Crippen LogP contribution in [0.1, 0.15) is 47.0 Å². The fraction of sp³-hybridized carbons (Fsp3) is 0.929. The Morgan fingerprint density at radius 1 is 1.41 bits per heavy atom. The Morgan fingerprint density at radius 2 is 2.06 bits per heavy atom. The van der Waals surface area contributed by atoms with Gasteiger partial charge in [-0.3, -0.25) is 4.79 Å². The number of hydrogen-bond acceptors (Lipinski definition) is 2. The minimum Gasteiger partial charge on any atom is -0.345 e. The van der Waals surface area contributed by atoms with Gasteiger partial charge in [0.2, 0.25) is 5.91 Å². The van der Waals surface area contributed by atoms with E-state index in [2.05, 4.69) is 33.0 Å². The zero-order valence-corrected chi connectivity index (χ0v) is 12.1. The van der Waals surface area contributed by atoms with Crippen molar-refractivity contribution in [3.8, 4) is 0 Å². The van der Waals surface area contributed by atoms with Crippen molar-refractivity contribution in [3.05, 3.63) is 0 Å². The Balaban J connectivity index is 2.71. The third-order valence-corrected chi connectivity index (χ3v) is 3.66. The van der Waals surface area contributed by atoms with Crippen LogP contribution in [0.4, 0.5) is 0 Å². The summed E-state index contributed by atoms with van der Waals surface area (Å²) in [5, 5.41) is 3.38. The van der Waals surface area contributed by atoms with E-state index in [1.54, 1.807) is 0 Å². The molecule has 1 unspecified atom stereocenters. The summed E-state index contributed by atoms with van der Waals surface area (Å²) in [5.74, 6) is 0.321. The smallest absolute Gasteiger partial charge is 0.229 e. The minimum absolute atomic E-state index is 0.155. The van der Waals surface area contributed by atoms with Crippen molar-refractivity contribution in [1.29, 1.82) is 0 Å². The second kappa shape index (κ2) is 5.38. The summed E-state index contributed by atoms with van der Waals surface area (Å²) in [6.45, 7) is 11.4. The molecule has 1 fully saturated rings. The average molecular weight is 240 g/mol. The van der Waals surface area contributed by atoms with E-state index in [0.717, 1.165) is 38.9 Å². The van der Waals surface area contributed by atoms with Gasteiger partial charge in [-0.25, -0.2) is 0 Å². The Bertz CT molecular complexity index is 262. The molecule has 100 valence electrons. The van der Waals surface area contributed by atoms with Gasteiger partial charge in [0.1, 0.15) is 0 Å². The van der Waals surface area contributed by atoms with Crippen LogP contribution >= 0.6 is 0 Å². The third-order valence-electron chi connectivity index (χ3n) is 3.66. The van der Waals surface area contributed by atoms with E-state index in [-0.39, 0.29) is 10.8 Å². The highest BCUT2D eigenvalue weighted by molar-refractivity contribution is 5.83. The summed E-state index contributed by atoms with van der Waals surface area (Å²) in [6, 6.07) is 0. The summed E-state index contributed by atoms with van der Waals surface area (Å²) in [4.78, 5) is 14.5. The first-order chi connectivity index (χ1) is 7.81. The van der Waals surface area contributed by atoms with Crippen LogP contribution in [0.5, 0.6) is 0 Å². The lowest BCUT2D eigenvalue weighted by atomic mass is 9.77. The van der Waals surface area contributed by atoms with E-state index >= 15 is 0 Å². The number of carbonyl (C=O) groups excluding carboxylic acids is 1. The van der Waals surface area contributed by atoms with Crippen molar-refractivity contribution in [3.63, 3.8) is 0 Å². The van der Waals surface area contributed by atoms with Gasteiger partial charge < -0.3 is 10.2 Å². The number of nitrogens with zero attached hydrogens (tertiary/aromatic N) is 1. The van der Waals surface area contributed by atoms with E-state index in [9.17, 15) is 4.79 Å². The summed E-state index contributed by atoms with van der Waals surface area (Å²) in [6.07, 6.45) is 3.08. The molecule has 3 nitrogen and oxygen atoms in total. The number of carbonyl (C=O) groups is 1. The number of amides is 1. The van der Waals surface area contributed by atoms with Crippen molar-refractivity contribution >= 4 is 5.91 Å². The van der Waals surface area contributed by atoms with E-state index < -0.39 is 0 Å². The molecule has 0 aromatic heterocycles. The molecule has 17 heavy (non-hydrogen) atoms. The van der Waals surface area contributed by atoms with Gasteiger partial charge in [-0.1, -0.05) is 27.7 Å². The maximum Gasteiger partial charge on any atom is 0.229 e. The highest BCUT2D eigenvalue weighted by atomic mass is 16.2. The summed E-state index contributed by atoms with van der Waals surface area (Å²) < 4.78 is 0. The molecule has 0 spiro atoms. The van der Waals surface area contributed by atoms with Crippen molar-refractivity contribution in [1.82, 2.24) is 10.2 Å². The van der Waals surface area contributed by atoms with Crippen molar-refractivity contribution in [2.45, 2.75) is 47.0 Å². The maximum atomic E-state index is 12.6. The first-order valence-corrected chi connectivity index (χ1v) is 6.77. The van der Waals surface area contributed by atoms with Crippen molar-refractivity contribution < 1.29 is 4.79 Å². The van der Waals surface area contributed by atoms with Crippen LogP contribution < -0.4 is 5.32 Å². The monoisotopic (exact) mass is 240 g/mol. The third kappa shape index (κ3) is 3.70. The van der Waals surface area contributed by atoms with Gasteiger partial charge in [-0.05, 0) is 31.2 Å². The molecule has 0 aromatic rings. The van der Waals surface area contributed by atoms with Crippen molar-refractivity contribution in [2.75, 3.05) is 26.7 Å². The molecular formula is C14H28N2O. The predicted octanol–water partition coefficient (Wildman–Crippen LogP) is 2.27. The number of nitrogens with one attached hydrogen (secondary N) is 1. The fourth-order valence-corrected chi connectivity index (χ4v) is 2.79. The van der Waals surface area contributed by atoms with E-state index in [4.69, 9.17) is 0 Å². The van der Waals surface area contributed by atoms with Crippen LogP contribution in [0.2, 0.25) is 0 Å². The molecule has 1 rings (SSSR count). The Labute approximate surface area is 106 Å². The molecule has 1 aliphatic heterocycles. The van der Waals surface area contributed by atoms with Gasteiger partial charge in [0.05, 0.1) is 5.41 Å². The highest BCUT2D eigenvalue weighted by Gasteiger charge is 2.40. The molecular weight excluding hydrogens is 212 g/mol. The molecule has 1 amide bonds. The highest BCUT2D eigenvalue weighted by Crippen LogP contribution is 2.32. The van der Waals surface area contributed by atoms with Crippen LogP contribution in [-0.2, 0) is 4.79 Å². The van der Waals surface area contributed by atoms with Crippen molar-refractivity contribution in [2.24, 2.45) is 10.8 Å². The summed E-state index contributed by atoms with van der Waals surface area (Å²) in [5.41, 5.74) is 0.0136. The number of hydrogen-bond donors (Lipinski definition) is 1. The molecule has 1 heterocycles. The molecule has 1 aliphatic rings. The molecule has 0 aromatic carbocycles. The van der Waals surface area contributed by atoms with Crippen LogP contribution in [0, 0.1) is 10.8 Å². The average Bonchev–Trinajstić information content (AvgIpc) is 2.26. The molecule has 0 saturated carbocycles. The largest absolute Gasteiger partial charge is 0.345 e. The zero-order valence-electron chi connectivity index (χ0n) is 12.1. The van der Waals surface area contributed by atoms with Crippen LogP contribution in [0.25, 0.3) is 0 Å². The molecule has 1 saturated heterocycles. The second-order valence-corrected chi connectivity index (χ2v) is 6.64. The Kier molecular flexibility index (Phi) is 4.59. The van der Waals surface area contributed by atoms with Gasteiger partial charge in [0.25, 0.3) is 0 Å². The van der Waals surface area contributed by atoms with Gasteiger partial charge in [-0.2, -0.15) is 0 Å². The van der Waals surface area contributed by atoms with Crippen LogP contribution in [0.15, 0.2) is 0 Å². The number of rotatable bonds is 3. The first-order valence-electron chi connectivity index (χ1n) is 6.77. The minimum atomic E-state index is -0.155. The Morgan fingerprint density at radius 3 is 2.47 bits per heavy atom. The second-order valence-electron chi connectivity index (χ2n) is 6.64. The SMILES string of the molecule is CCC1(C(=O)N(C)CC(C)(C)C)CCCNC1. The lowest BCUT2D eigenvalue weighted by Crippen LogP contribution is -2.51. The predicted molar refractivity (Wildman–Crippen MR) is 71.9 cm³/mol. The maximum absolute atomic E-state index is 12.6. The normalized spacial score (nSPS) is 25.7. The lowest BCUT2D eigenvalue weighted by molar-refractivity contribution is -0.143. The quantitative estimate of drug-likeness (QED) is 0.821. The van der Waals surface area contributed by atoms with E-state index in [0.29, 0.717) is 5.91 Å². The van der Waals surface area contributed by atoms with E-state index in [1.807, 2.05) is 11.9 Å². The lowest BCUT2D eigenvalue weighted by Gasteiger charge is -2.40. The molecule has 0 aliphatic carbocycles.